The van der Waals surface area contributed by atoms with Crippen molar-refractivity contribution < 1.29 is 9.53 Å². The molecule has 0 unspecified atom stereocenters. The summed E-state index contributed by atoms with van der Waals surface area (Å²) in [6.07, 6.45) is 1.44. The third kappa shape index (κ3) is 3.33. The van der Waals surface area contributed by atoms with Gasteiger partial charge in [-0.1, -0.05) is 0 Å². The number of aromatic nitrogens is 1. The fraction of sp³-hybridized carbons (Fsp3) is 0.636. The largest absolute Gasteiger partial charge is 0.444 e. The summed E-state index contributed by atoms with van der Waals surface area (Å²) in [4.78, 5) is 17.8. The highest BCUT2D eigenvalue weighted by molar-refractivity contribution is 7.13. The Hall–Kier alpha value is -1.30. The van der Waals surface area contributed by atoms with Crippen molar-refractivity contribution in [2.24, 2.45) is 0 Å². The number of carbonyl (C=O) groups is 1. The van der Waals surface area contributed by atoms with Crippen molar-refractivity contribution in [3.05, 3.63) is 11.6 Å². The van der Waals surface area contributed by atoms with Crippen LogP contribution in [0.1, 0.15) is 20.8 Å². The normalized spacial score (nSPS) is 16.5. The maximum absolute atomic E-state index is 11.5. The molecule has 5 nitrogen and oxygen atoms in total. The molecule has 0 atom stereocenters. The summed E-state index contributed by atoms with van der Waals surface area (Å²) in [6, 6.07) is 0.161. The van der Waals surface area contributed by atoms with E-state index < -0.39 is 5.60 Å². The minimum absolute atomic E-state index is 0.161. The predicted molar refractivity (Wildman–Crippen MR) is 67.5 cm³/mol. The molecule has 1 aliphatic heterocycles. The number of amides is 1. The molecule has 6 heteroatoms. The molecule has 1 saturated heterocycles. The molecule has 94 valence electrons. The lowest BCUT2D eigenvalue weighted by atomic mass is 10.1. The highest BCUT2D eigenvalue weighted by atomic mass is 32.1. The van der Waals surface area contributed by atoms with E-state index in [1.54, 1.807) is 17.5 Å². The highest BCUT2D eigenvalue weighted by Crippen LogP contribution is 2.22. The van der Waals surface area contributed by atoms with Gasteiger partial charge >= 0.3 is 6.09 Å². The van der Waals surface area contributed by atoms with E-state index in [9.17, 15) is 4.79 Å². The first-order valence-electron chi connectivity index (χ1n) is 5.58. The van der Waals surface area contributed by atoms with E-state index in [4.69, 9.17) is 4.74 Å². The fourth-order valence-corrected chi connectivity index (χ4v) is 2.24. The first-order chi connectivity index (χ1) is 7.94. The summed E-state index contributed by atoms with van der Waals surface area (Å²) >= 11 is 1.61. The van der Waals surface area contributed by atoms with Crippen LogP contribution >= 0.6 is 11.3 Å². The first-order valence-corrected chi connectivity index (χ1v) is 6.46. The Morgan fingerprint density at radius 3 is 2.82 bits per heavy atom. The van der Waals surface area contributed by atoms with Crippen LogP contribution in [0.5, 0.6) is 0 Å². The van der Waals surface area contributed by atoms with Crippen LogP contribution in [0.2, 0.25) is 0 Å². The number of ether oxygens (including phenoxy) is 1. The van der Waals surface area contributed by atoms with Crippen molar-refractivity contribution in [3.63, 3.8) is 0 Å². The van der Waals surface area contributed by atoms with Crippen LogP contribution in [0.25, 0.3) is 0 Å². The average molecular weight is 255 g/mol. The van der Waals surface area contributed by atoms with E-state index in [2.05, 4.69) is 15.2 Å². The molecule has 0 radical (unpaired) electrons. The molecule has 0 aromatic carbocycles. The lowest BCUT2D eigenvalue weighted by Gasteiger charge is -2.39. The molecule has 0 aliphatic carbocycles. The SMILES string of the molecule is CC(C)(C)OC(=O)NC1CN(c2nccs2)C1. The van der Waals surface area contributed by atoms with Gasteiger partial charge in [0.2, 0.25) is 0 Å². The van der Waals surface area contributed by atoms with Crippen LogP contribution in [-0.4, -0.2) is 35.8 Å². The maximum atomic E-state index is 11.5. The summed E-state index contributed by atoms with van der Waals surface area (Å²) in [5, 5.41) is 5.79. The maximum Gasteiger partial charge on any atom is 0.407 e. The monoisotopic (exact) mass is 255 g/mol. The summed E-state index contributed by atoms with van der Waals surface area (Å²) < 4.78 is 5.19. The van der Waals surface area contributed by atoms with E-state index in [0.29, 0.717) is 0 Å². The Morgan fingerprint density at radius 1 is 1.59 bits per heavy atom. The van der Waals surface area contributed by atoms with Crippen LogP contribution in [-0.2, 0) is 4.74 Å². The Kier molecular flexibility index (Phi) is 3.24. The fourth-order valence-electron chi connectivity index (χ4n) is 1.57. The third-order valence-corrected chi connectivity index (χ3v) is 3.12. The van der Waals surface area contributed by atoms with Crippen LogP contribution in [0.3, 0.4) is 0 Å². The van der Waals surface area contributed by atoms with Crippen molar-refractivity contribution in [2.45, 2.75) is 32.4 Å². The molecular weight excluding hydrogens is 238 g/mol. The minimum Gasteiger partial charge on any atom is -0.444 e. The standard InChI is InChI=1S/C11H17N3O2S/c1-11(2,3)16-10(15)13-8-6-14(7-8)9-12-4-5-17-9/h4-5,8H,6-7H2,1-3H3,(H,13,15). The van der Waals surface area contributed by atoms with E-state index >= 15 is 0 Å². The van der Waals surface area contributed by atoms with Crippen LogP contribution < -0.4 is 10.2 Å². The smallest absolute Gasteiger partial charge is 0.407 e. The van der Waals surface area contributed by atoms with Gasteiger partial charge in [-0.15, -0.1) is 11.3 Å². The summed E-state index contributed by atoms with van der Waals surface area (Å²) in [7, 11) is 0. The Balaban J connectivity index is 1.72. The molecule has 1 fully saturated rings. The van der Waals surface area contributed by atoms with Gasteiger partial charge in [0.05, 0.1) is 6.04 Å². The number of hydrogen-bond donors (Lipinski definition) is 1. The molecular formula is C11H17N3O2S. The molecule has 0 saturated carbocycles. The van der Waals surface area contributed by atoms with Gasteiger partial charge in [0.25, 0.3) is 0 Å². The summed E-state index contributed by atoms with van der Waals surface area (Å²) in [5.74, 6) is 0. The van der Waals surface area contributed by atoms with Gasteiger partial charge in [0, 0.05) is 24.7 Å². The third-order valence-electron chi connectivity index (χ3n) is 2.29. The van der Waals surface area contributed by atoms with Gasteiger partial charge in [0.15, 0.2) is 5.13 Å². The quantitative estimate of drug-likeness (QED) is 0.876. The average Bonchev–Trinajstić information content (AvgIpc) is 2.59. The lowest BCUT2D eigenvalue weighted by molar-refractivity contribution is 0.0496. The molecule has 1 aliphatic rings. The van der Waals surface area contributed by atoms with Crippen LogP contribution in [0, 0.1) is 0 Å². The molecule has 2 heterocycles. The van der Waals surface area contributed by atoms with E-state index in [0.717, 1.165) is 18.2 Å². The number of alkyl carbamates (subject to hydrolysis) is 1. The Morgan fingerprint density at radius 2 is 2.29 bits per heavy atom. The molecule has 2 rings (SSSR count). The first kappa shape index (κ1) is 12.2. The number of thiazole rings is 1. The van der Waals surface area contributed by atoms with Gasteiger partial charge in [-0.25, -0.2) is 9.78 Å². The number of nitrogens with zero attached hydrogens (tertiary/aromatic N) is 2. The molecule has 0 bridgehead atoms. The van der Waals surface area contributed by atoms with Crippen LogP contribution in [0.4, 0.5) is 9.93 Å². The number of hydrogen-bond acceptors (Lipinski definition) is 5. The van der Waals surface area contributed by atoms with E-state index in [1.807, 2.05) is 26.2 Å². The van der Waals surface area contributed by atoms with Crippen molar-refractivity contribution in [1.29, 1.82) is 0 Å². The topological polar surface area (TPSA) is 54.5 Å². The van der Waals surface area contributed by atoms with Gasteiger partial charge < -0.3 is 15.0 Å². The molecule has 1 N–H and O–H groups in total. The Labute approximate surface area is 105 Å². The minimum atomic E-state index is -0.442. The second-order valence-electron chi connectivity index (χ2n) is 5.06. The predicted octanol–water partition coefficient (Wildman–Crippen LogP) is 1.86. The second kappa shape index (κ2) is 4.52. The molecule has 0 spiro atoms. The number of carbonyl (C=O) groups excluding carboxylic acids is 1. The van der Waals surface area contributed by atoms with Crippen molar-refractivity contribution in [3.8, 4) is 0 Å². The van der Waals surface area contributed by atoms with Gasteiger partial charge in [-0.3, -0.25) is 0 Å². The van der Waals surface area contributed by atoms with Gasteiger partial charge in [0.1, 0.15) is 5.60 Å². The highest BCUT2D eigenvalue weighted by Gasteiger charge is 2.30. The van der Waals surface area contributed by atoms with Crippen molar-refractivity contribution >= 4 is 22.6 Å². The van der Waals surface area contributed by atoms with E-state index in [-0.39, 0.29) is 12.1 Å². The zero-order valence-corrected chi connectivity index (χ0v) is 11.1. The number of nitrogens with one attached hydrogen (secondary N) is 1. The van der Waals surface area contributed by atoms with Crippen molar-refractivity contribution in [1.82, 2.24) is 10.3 Å². The van der Waals surface area contributed by atoms with E-state index in [1.165, 1.54) is 0 Å². The summed E-state index contributed by atoms with van der Waals surface area (Å²) in [5.41, 5.74) is -0.442. The Bertz CT molecular complexity index is 380. The van der Waals surface area contributed by atoms with Gasteiger partial charge in [-0.05, 0) is 20.8 Å². The van der Waals surface area contributed by atoms with Crippen molar-refractivity contribution in [2.75, 3.05) is 18.0 Å². The molecule has 1 aromatic heterocycles. The van der Waals surface area contributed by atoms with Gasteiger partial charge in [-0.2, -0.15) is 0 Å². The van der Waals surface area contributed by atoms with Crippen LogP contribution in [0.15, 0.2) is 11.6 Å². The zero-order valence-electron chi connectivity index (χ0n) is 10.3. The zero-order chi connectivity index (χ0) is 12.5. The molecule has 17 heavy (non-hydrogen) atoms. The molecule has 1 aromatic rings. The number of anilines is 1. The summed E-state index contributed by atoms with van der Waals surface area (Å²) in [6.45, 7) is 7.17. The molecule has 1 amide bonds. The lowest BCUT2D eigenvalue weighted by Crippen LogP contribution is -2.60. The number of rotatable bonds is 2. The second-order valence-corrected chi connectivity index (χ2v) is 5.94.